The minimum absolute atomic E-state index is 0.229. The van der Waals surface area contributed by atoms with Gasteiger partial charge in [-0.15, -0.1) is 4.72 Å². The average molecular weight is 389 g/mol. The number of aromatic nitrogens is 1. The van der Waals surface area contributed by atoms with Crippen LogP contribution >= 0.6 is 0 Å². The molecule has 1 aromatic heterocycles. The van der Waals surface area contributed by atoms with Crippen molar-refractivity contribution in [3.63, 3.8) is 0 Å². The van der Waals surface area contributed by atoms with Crippen LogP contribution in [-0.2, 0) is 16.9 Å². The van der Waals surface area contributed by atoms with Crippen LogP contribution in [0, 0.1) is 18.7 Å². The second-order valence-corrected chi connectivity index (χ2v) is 10.5. The first-order valence-corrected chi connectivity index (χ1v) is 10.8. The van der Waals surface area contributed by atoms with Crippen LogP contribution in [0.15, 0.2) is 42.6 Å². The summed E-state index contributed by atoms with van der Waals surface area (Å²) >= 11 is -1.30. The van der Waals surface area contributed by atoms with Gasteiger partial charge in [-0.25, -0.2) is 4.39 Å². The fraction of sp³-hybridized carbons (Fsp3) is 0.500. The van der Waals surface area contributed by atoms with Crippen LogP contribution in [-0.4, -0.2) is 14.3 Å². The third-order valence-electron chi connectivity index (χ3n) is 5.20. The Hall–Kier alpha value is -1.43. The molecule has 1 N–H and O–H groups in total. The van der Waals surface area contributed by atoms with Crippen molar-refractivity contribution in [3.8, 4) is 0 Å². The molecule has 2 atom stereocenters. The summed E-state index contributed by atoms with van der Waals surface area (Å²) in [5.74, 6) is 0.493. The number of rotatable bonds is 7. The second-order valence-electron chi connectivity index (χ2n) is 8.55. The first kappa shape index (κ1) is 20.3. The molecule has 1 saturated carbocycles. The quantitative estimate of drug-likeness (QED) is 0.678. The van der Waals surface area contributed by atoms with E-state index >= 15 is 0 Å². The monoisotopic (exact) mass is 388 g/mol. The van der Waals surface area contributed by atoms with Gasteiger partial charge < -0.3 is 4.55 Å². The fourth-order valence-corrected chi connectivity index (χ4v) is 4.19. The van der Waals surface area contributed by atoms with Crippen LogP contribution in [0.2, 0.25) is 0 Å². The smallest absolute Gasteiger partial charge is 0.136 e. The summed E-state index contributed by atoms with van der Waals surface area (Å²) in [6.45, 7) is 7.63. The Morgan fingerprint density at radius 1 is 1.22 bits per heavy atom. The van der Waals surface area contributed by atoms with Crippen LogP contribution in [0.4, 0.5) is 4.39 Å². The molecule has 0 radical (unpaired) electrons. The number of nitrogens with zero attached hydrogens (tertiary/aromatic N) is 1. The molecule has 146 valence electrons. The molecule has 1 aliphatic carbocycles. The predicted molar refractivity (Wildman–Crippen MR) is 109 cm³/mol. The largest absolute Gasteiger partial charge is 0.598 e. The lowest BCUT2D eigenvalue weighted by Gasteiger charge is -2.38. The van der Waals surface area contributed by atoms with Crippen molar-refractivity contribution in [2.24, 2.45) is 5.92 Å². The minimum atomic E-state index is -1.30. The lowest BCUT2D eigenvalue weighted by molar-refractivity contribution is 0.392. The SMILES string of the molecule is Cc1cc(C(CCC2CC2)(N[S+]([O-])C(C)(C)C)c2ccccn2)ccc1F. The van der Waals surface area contributed by atoms with Crippen molar-refractivity contribution in [2.45, 2.75) is 63.7 Å². The number of halogens is 1. The summed E-state index contributed by atoms with van der Waals surface area (Å²) in [5.41, 5.74) is 1.62. The maximum atomic E-state index is 14.0. The lowest BCUT2D eigenvalue weighted by atomic mass is 9.81. The van der Waals surface area contributed by atoms with Crippen LogP contribution in [0.25, 0.3) is 0 Å². The number of hydrogen-bond acceptors (Lipinski definition) is 3. The third kappa shape index (κ3) is 4.71. The van der Waals surface area contributed by atoms with Crippen LogP contribution in [0.3, 0.4) is 0 Å². The highest BCUT2D eigenvalue weighted by Gasteiger charge is 2.44. The van der Waals surface area contributed by atoms with Gasteiger partial charge in [0.2, 0.25) is 0 Å². The van der Waals surface area contributed by atoms with Crippen molar-refractivity contribution in [1.29, 1.82) is 0 Å². The molecule has 0 aliphatic heterocycles. The number of hydrogen-bond donors (Lipinski definition) is 1. The molecular weight excluding hydrogens is 359 g/mol. The van der Waals surface area contributed by atoms with Crippen molar-refractivity contribution in [2.75, 3.05) is 0 Å². The molecule has 0 bridgehead atoms. The molecule has 1 aliphatic rings. The number of aryl methyl sites for hydroxylation is 1. The Kier molecular flexibility index (Phi) is 5.94. The molecule has 3 nitrogen and oxygen atoms in total. The molecule has 1 fully saturated rings. The van der Waals surface area contributed by atoms with Crippen LogP contribution in [0.5, 0.6) is 0 Å². The summed E-state index contributed by atoms with van der Waals surface area (Å²) in [4.78, 5) is 4.62. The minimum Gasteiger partial charge on any atom is -0.598 e. The van der Waals surface area contributed by atoms with E-state index in [4.69, 9.17) is 0 Å². The molecule has 1 heterocycles. The van der Waals surface area contributed by atoms with Gasteiger partial charge in [-0.1, -0.05) is 31.0 Å². The number of pyridine rings is 1. The molecule has 27 heavy (non-hydrogen) atoms. The summed E-state index contributed by atoms with van der Waals surface area (Å²) in [6.07, 6.45) is 6.08. The Morgan fingerprint density at radius 2 is 1.96 bits per heavy atom. The van der Waals surface area contributed by atoms with Crippen LogP contribution < -0.4 is 4.72 Å². The standard InChI is InChI=1S/C22H29FN2OS/c1-16-15-18(10-11-19(16)23)22(13-12-17-8-9-17,20-7-5-6-14-24-20)25-27(26)21(2,3)4/h5-7,10-11,14-15,17,25H,8-9,12-13H2,1-4H3. The average Bonchev–Trinajstić information content (AvgIpc) is 3.45. The molecule has 1 aromatic carbocycles. The molecule has 2 aromatic rings. The Labute approximate surface area is 165 Å². The first-order chi connectivity index (χ1) is 12.7. The summed E-state index contributed by atoms with van der Waals surface area (Å²) < 4.78 is 30.1. The molecule has 2 unspecified atom stereocenters. The zero-order valence-electron chi connectivity index (χ0n) is 16.6. The second kappa shape index (κ2) is 7.90. The van der Waals surface area contributed by atoms with E-state index in [9.17, 15) is 8.94 Å². The van der Waals surface area contributed by atoms with E-state index in [0.717, 1.165) is 30.0 Å². The highest BCUT2D eigenvalue weighted by molar-refractivity contribution is 7.90. The Balaban J connectivity index is 2.11. The van der Waals surface area contributed by atoms with Crippen molar-refractivity contribution in [1.82, 2.24) is 9.71 Å². The zero-order chi connectivity index (χ0) is 19.7. The van der Waals surface area contributed by atoms with Crippen LogP contribution in [0.1, 0.15) is 63.3 Å². The van der Waals surface area contributed by atoms with Gasteiger partial charge in [-0.3, -0.25) is 4.98 Å². The maximum Gasteiger partial charge on any atom is 0.136 e. The van der Waals surface area contributed by atoms with Crippen molar-refractivity contribution in [3.05, 3.63) is 65.2 Å². The van der Waals surface area contributed by atoms with Crippen molar-refractivity contribution < 1.29 is 8.94 Å². The highest BCUT2D eigenvalue weighted by atomic mass is 32.2. The number of nitrogens with one attached hydrogen (secondary N) is 1. The summed E-state index contributed by atoms with van der Waals surface area (Å²) in [5, 5.41) is 0. The van der Waals surface area contributed by atoms with E-state index in [-0.39, 0.29) is 5.82 Å². The normalized spacial score (nSPS) is 18.1. The number of benzene rings is 1. The van der Waals surface area contributed by atoms with Gasteiger partial charge in [0.05, 0.1) is 5.69 Å². The molecule has 5 heteroatoms. The maximum absolute atomic E-state index is 14.0. The Bertz CT molecular complexity index is 774. The van der Waals surface area contributed by atoms with Crippen molar-refractivity contribution >= 4 is 11.4 Å². The molecule has 0 spiro atoms. The van der Waals surface area contributed by atoms with Gasteiger partial charge in [-0.05, 0) is 75.8 Å². The first-order valence-electron chi connectivity index (χ1n) is 9.60. The van der Waals surface area contributed by atoms with E-state index in [1.165, 1.54) is 18.9 Å². The fourth-order valence-electron chi connectivity index (χ4n) is 3.25. The van der Waals surface area contributed by atoms with E-state index in [2.05, 4.69) is 9.71 Å². The summed E-state index contributed by atoms with van der Waals surface area (Å²) in [6, 6.07) is 11.0. The van der Waals surface area contributed by atoms with Gasteiger partial charge in [0.15, 0.2) is 0 Å². The van der Waals surface area contributed by atoms with E-state index < -0.39 is 21.6 Å². The van der Waals surface area contributed by atoms with Gasteiger partial charge >= 0.3 is 0 Å². The third-order valence-corrected chi connectivity index (χ3v) is 6.85. The summed E-state index contributed by atoms with van der Waals surface area (Å²) in [7, 11) is 0. The topological polar surface area (TPSA) is 48.0 Å². The Morgan fingerprint density at radius 3 is 2.52 bits per heavy atom. The molecule has 0 saturated heterocycles. The highest BCUT2D eigenvalue weighted by Crippen LogP contribution is 2.42. The van der Waals surface area contributed by atoms with E-state index in [1.54, 1.807) is 19.2 Å². The van der Waals surface area contributed by atoms with Gasteiger partial charge in [0, 0.05) is 17.6 Å². The van der Waals surface area contributed by atoms with E-state index in [1.807, 2.05) is 45.0 Å². The predicted octanol–water partition coefficient (Wildman–Crippen LogP) is 5.01. The molecule has 0 amide bonds. The van der Waals surface area contributed by atoms with Gasteiger partial charge in [0.25, 0.3) is 0 Å². The van der Waals surface area contributed by atoms with Gasteiger partial charge in [0.1, 0.15) is 16.1 Å². The van der Waals surface area contributed by atoms with E-state index in [0.29, 0.717) is 5.56 Å². The molecular formula is C22H29FN2OS. The lowest BCUT2D eigenvalue weighted by Crippen LogP contribution is -2.52. The molecule has 3 rings (SSSR count). The zero-order valence-corrected chi connectivity index (χ0v) is 17.4. The van der Waals surface area contributed by atoms with Gasteiger partial charge in [-0.2, -0.15) is 0 Å².